The quantitative estimate of drug-likeness (QED) is 0.818. The number of aryl methyl sites for hydroxylation is 1. The molecular weight excluding hydrogens is 298 g/mol. The maximum Gasteiger partial charge on any atom is 0.319 e. The average molecular weight is 321 g/mol. The summed E-state index contributed by atoms with van der Waals surface area (Å²) in [7, 11) is 3.49. The first-order valence-electron chi connectivity index (χ1n) is 8.01. The van der Waals surface area contributed by atoms with E-state index in [0.717, 1.165) is 6.42 Å². The number of carbonyl (C=O) groups excluding carboxylic acids is 2. The minimum absolute atomic E-state index is 0.00533. The van der Waals surface area contributed by atoms with Crippen LogP contribution in [-0.4, -0.2) is 65.6 Å². The lowest BCUT2D eigenvalue weighted by Crippen LogP contribution is -2.46. The van der Waals surface area contributed by atoms with Crippen molar-refractivity contribution < 1.29 is 14.1 Å². The van der Waals surface area contributed by atoms with Crippen LogP contribution in [0.4, 0.5) is 4.79 Å². The second-order valence-corrected chi connectivity index (χ2v) is 6.54. The molecule has 0 aromatic carbocycles. The minimum atomic E-state index is -0.110. The summed E-state index contributed by atoms with van der Waals surface area (Å²) in [5.74, 6) is 1.30. The molecule has 2 aliphatic rings. The Morgan fingerprint density at radius 1 is 1.30 bits per heavy atom. The molecule has 0 spiro atoms. The molecule has 2 aliphatic heterocycles. The number of nitrogens with zero attached hydrogens (tertiary/aromatic N) is 4. The highest BCUT2D eigenvalue weighted by Gasteiger charge is 2.43. The molecule has 8 nitrogen and oxygen atoms in total. The number of nitrogens with one attached hydrogen (secondary N) is 1. The van der Waals surface area contributed by atoms with E-state index < -0.39 is 0 Å². The van der Waals surface area contributed by atoms with Crippen molar-refractivity contribution >= 4 is 11.9 Å². The predicted molar refractivity (Wildman–Crippen MR) is 81.7 cm³/mol. The Hall–Kier alpha value is -2.12. The molecule has 3 rings (SSSR count). The maximum atomic E-state index is 12.3. The Morgan fingerprint density at radius 3 is 2.70 bits per heavy atom. The molecule has 3 amide bonds. The van der Waals surface area contributed by atoms with Gasteiger partial charge in [0, 0.05) is 39.6 Å². The van der Waals surface area contributed by atoms with E-state index in [1.807, 2.05) is 4.90 Å². The van der Waals surface area contributed by atoms with Crippen molar-refractivity contribution in [2.75, 3.05) is 33.7 Å². The lowest BCUT2D eigenvalue weighted by molar-refractivity contribution is -0.129. The van der Waals surface area contributed by atoms with Crippen molar-refractivity contribution in [1.82, 2.24) is 25.3 Å². The van der Waals surface area contributed by atoms with Gasteiger partial charge in [-0.05, 0) is 25.7 Å². The fraction of sp³-hybridized carbons (Fsp3) is 0.733. The maximum absolute atomic E-state index is 12.3. The second kappa shape index (κ2) is 6.17. The van der Waals surface area contributed by atoms with Gasteiger partial charge in [-0.3, -0.25) is 4.79 Å². The fourth-order valence-electron chi connectivity index (χ4n) is 3.64. The highest BCUT2D eigenvalue weighted by molar-refractivity contribution is 5.80. The van der Waals surface area contributed by atoms with Crippen LogP contribution in [0.2, 0.25) is 0 Å². The lowest BCUT2D eigenvalue weighted by Gasteiger charge is -2.34. The summed E-state index contributed by atoms with van der Waals surface area (Å²) in [5.41, 5.74) is 0. The van der Waals surface area contributed by atoms with Crippen LogP contribution < -0.4 is 5.32 Å². The van der Waals surface area contributed by atoms with Crippen molar-refractivity contribution in [2.24, 2.45) is 11.8 Å². The molecule has 0 aliphatic carbocycles. The first kappa shape index (κ1) is 15.8. The normalized spacial score (nSPS) is 27.9. The first-order chi connectivity index (χ1) is 11.0. The summed E-state index contributed by atoms with van der Waals surface area (Å²) in [4.78, 5) is 32.2. The number of likely N-dealkylation sites (tertiary alicyclic amines) is 1. The van der Waals surface area contributed by atoms with E-state index in [4.69, 9.17) is 4.52 Å². The molecule has 0 radical (unpaired) electrons. The van der Waals surface area contributed by atoms with Crippen LogP contribution in [0, 0.1) is 18.8 Å². The summed E-state index contributed by atoms with van der Waals surface area (Å²) in [6, 6.07) is -0.00533. The smallest absolute Gasteiger partial charge is 0.319 e. The second-order valence-electron chi connectivity index (χ2n) is 6.54. The van der Waals surface area contributed by atoms with Gasteiger partial charge in [0.15, 0.2) is 5.82 Å². The van der Waals surface area contributed by atoms with Crippen LogP contribution in [-0.2, 0) is 4.79 Å². The zero-order valence-corrected chi connectivity index (χ0v) is 13.8. The fourth-order valence-corrected chi connectivity index (χ4v) is 3.64. The highest BCUT2D eigenvalue weighted by atomic mass is 16.5. The van der Waals surface area contributed by atoms with E-state index >= 15 is 0 Å². The van der Waals surface area contributed by atoms with E-state index in [1.54, 1.807) is 25.9 Å². The van der Waals surface area contributed by atoms with Crippen LogP contribution in [0.25, 0.3) is 0 Å². The largest absolute Gasteiger partial charge is 0.355 e. The number of urea groups is 1. The Bertz CT molecular complexity index is 600. The SMILES string of the molecule is Cc1noc([C@H]2CNC(=O)[C@H]3CCN(C(=O)N(C)C)CC[C@H]32)n1. The average Bonchev–Trinajstić information content (AvgIpc) is 2.82. The number of piperidine rings is 1. The molecule has 2 fully saturated rings. The van der Waals surface area contributed by atoms with E-state index in [-0.39, 0.29) is 29.7 Å². The Kier molecular flexibility index (Phi) is 4.23. The van der Waals surface area contributed by atoms with Gasteiger partial charge >= 0.3 is 6.03 Å². The molecule has 1 aromatic heterocycles. The van der Waals surface area contributed by atoms with Gasteiger partial charge in [-0.2, -0.15) is 4.98 Å². The third-order valence-corrected chi connectivity index (χ3v) is 4.82. The van der Waals surface area contributed by atoms with E-state index in [1.165, 1.54) is 0 Å². The molecule has 0 unspecified atom stereocenters. The monoisotopic (exact) mass is 321 g/mol. The van der Waals surface area contributed by atoms with E-state index in [2.05, 4.69) is 15.5 Å². The van der Waals surface area contributed by atoms with Gasteiger partial charge in [0.25, 0.3) is 0 Å². The number of amides is 3. The molecular formula is C15H23N5O3. The van der Waals surface area contributed by atoms with Gasteiger partial charge in [-0.25, -0.2) is 4.79 Å². The van der Waals surface area contributed by atoms with Crippen LogP contribution >= 0.6 is 0 Å². The molecule has 1 aromatic rings. The minimum Gasteiger partial charge on any atom is -0.355 e. The Morgan fingerprint density at radius 2 is 2.04 bits per heavy atom. The molecule has 0 bridgehead atoms. The lowest BCUT2D eigenvalue weighted by atomic mass is 9.75. The molecule has 8 heteroatoms. The topological polar surface area (TPSA) is 91.6 Å². The van der Waals surface area contributed by atoms with Crippen molar-refractivity contribution in [2.45, 2.75) is 25.7 Å². The van der Waals surface area contributed by atoms with Gasteiger partial charge in [0.1, 0.15) is 0 Å². The summed E-state index contributed by atoms with van der Waals surface area (Å²) in [6.07, 6.45) is 1.43. The number of rotatable bonds is 1. The number of aromatic nitrogens is 2. The van der Waals surface area contributed by atoms with Crippen LogP contribution in [0.3, 0.4) is 0 Å². The molecule has 23 heavy (non-hydrogen) atoms. The van der Waals surface area contributed by atoms with E-state index in [0.29, 0.717) is 37.8 Å². The van der Waals surface area contributed by atoms with Gasteiger partial charge in [0.05, 0.1) is 5.92 Å². The Labute approximate surface area is 135 Å². The third-order valence-electron chi connectivity index (χ3n) is 4.82. The van der Waals surface area contributed by atoms with Gasteiger partial charge in [0.2, 0.25) is 11.8 Å². The molecule has 1 N–H and O–H groups in total. The summed E-state index contributed by atoms with van der Waals surface area (Å²) < 4.78 is 5.34. The first-order valence-corrected chi connectivity index (χ1v) is 8.01. The number of hydrogen-bond donors (Lipinski definition) is 1. The number of fused-ring (bicyclic) bond motifs is 1. The zero-order chi connectivity index (χ0) is 16.6. The van der Waals surface area contributed by atoms with Gasteiger partial charge in [-0.1, -0.05) is 5.16 Å². The molecule has 0 saturated carbocycles. The van der Waals surface area contributed by atoms with Crippen molar-refractivity contribution in [3.05, 3.63) is 11.7 Å². The highest BCUT2D eigenvalue weighted by Crippen LogP contribution is 2.38. The zero-order valence-electron chi connectivity index (χ0n) is 13.8. The number of carbonyl (C=O) groups is 2. The van der Waals surface area contributed by atoms with Crippen molar-refractivity contribution in [1.29, 1.82) is 0 Å². The van der Waals surface area contributed by atoms with Crippen LogP contribution in [0.15, 0.2) is 4.52 Å². The molecule has 3 heterocycles. The van der Waals surface area contributed by atoms with Crippen LogP contribution in [0.5, 0.6) is 0 Å². The summed E-state index contributed by atoms with van der Waals surface area (Å²) >= 11 is 0. The molecule has 3 atom stereocenters. The molecule has 2 saturated heterocycles. The summed E-state index contributed by atoms with van der Waals surface area (Å²) in [6.45, 7) is 3.55. The van der Waals surface area contributed by atoms with Crippen molar-refractivity contribution in [3.63, 3.8) is 0 Å². The van der Waals surface area contributed by atoms with Crippen LogP contribution in [0.1, 0.15) is 30.5 Å². The molecule has 126 valence electrons. The van der Waals surface area contributed by atoms with Gasteiger partial charge in [-0.15, -0.1) is 0 Å². The third kappa shape index (κ3) is 3.02. The summed E-state index contributed by atoms with van der Waals surface area (Å²) in [5, 5.41) is 6.82. The predicted octanol–water partition coefficient (Wildman–Crippen LogP) is 0.601. The standard InChI is InChI=1S/C15H23N5O3/c1-9-17-14(23-18-9)12-8-16-13(21)11-5-7-20(6-4-10(11)12)15(22)19(2)3/h10-12H,4-8H2,1-3H3,(H,16,21)/t10-,11+,12+/m1/s1. The van der Waals surface area contributed by atoms with E-state index in [9.17, 15) is 9.59 Å². The van der Waals surface area contributed by atoms with Gasteiger partial charge < -0.3 is 19.6 Å². The van der Waals surface area contributed by atoms with Crippen molar-refractivity contribution in [3.8, 4) is 0 Å². The number of hydrogen-bond acceptors (Lipinski definition) is 5. The Balaban J connectivity index is 1.80.